The number of nitrogens with one attached hydrogen (secondary N) is 1. The predicted octanol–water partition coefficient (Wildman–Crippen LogP) is 3.41. The molecule has 3 heteroatoms. The predicted molar refractivity (Wildman–Crippen MR) is 77.1 cm³/mol. The molecule has 0 heterocycles. The van der Waals surface area contributed by atoms with Crippen LogP contribution in [0.2, 0.25) is 0 Å². The Morgan fingerprint density at radius 2 is 2.06 bits per heavy atom. The Kier molecular flexibility index (Phi) is 5.86. The van der Waals surface area contributed by atoms with Crippen molar-refractivity contribution in [1.29, 1.82) is 0 Å². The SMILES string of the molecule is COc1cc(C)ccc1C(C)NCC(C)SC. The van der Waals surface area contributed by atoms with Gasteiger partial charge in [0.25, 0.3) is 0 Å². The molecule has 1 aromatic carbocycles. The van der Waals surface area contributed by atoms with E-state index in [0.29, 0.717) is 11.3 Å². The van der Waals surface area contributed by atoms with E-state index >= 15 is 0 Å². The lowest BCUT2D eigenvalue weighted by molar-refractivity contribution is 0.401. The van der Waals surface area contributed by atoms with Crippen molar-refractivity contribution in [2.75, 3.05) is 19.9 Å². The van der Waals surface area contributed by atoms with Gasteiger partial charge >= 0.3 is 0 Å². The van der Waals surface area contributed by atoms with E-state index < -0.39 is 0 Å². The largest absolute Gasteiger partial charge is 0.496 e. The lowest BCUT2D eigenvalue weighted by Gasteiger charge is -2.19. The summed E-state index contributed by atoms with van der Waals surface area (Å²) in [6, 6.07) is 6.69. The molecule has 0 aromatic heterocycles. The van der Waals surface area contributed by atoms with Gasteiger partial charge in [0.05, 0.1) is 7.11 Å². The fraction of sp³-hybridized carbons (Fsp3) is 0.571. The van der Waals surface area contributed by atoms with Gasteiger partial charge in [0.15, 0.2) is 0 Å². The van der Waals surface area contributed by atoms with Crippen LogP contribution in [0.3, 0.4) is 0 Å². The van der Waals surface area contributed by atoms with E-state index in [1.54, 1.807) is 7.11 Å². The highest BCUT2D eigenvalue weighted by atomic mass is 32.2. The molecule has 2 nitrogen and oxygen atoms in total. The van der Waals surface area contributed by atoms with E-state index in [2.05, 4.69) is 50.5 Å². The summed E-state index contributed by atoms with van der Waals surface area (Å²) < 4.78 is 5.44. The van der Waals surface area contributed by atoms with Crippen LogP contribution < -0.4 is 10.1 Å². The summed E-state index contributed by atoms with van der Waals surface area (Å²) in [5.74, 6) is 0.974. The van der Waals surface area contributed by atoms with E-state index in [4.69, 9.17) is 4.74 Å². The molecule has 0 aliphatic heterocycles. The van der Waals surface area contributed by atoms with Crippen LogP contribution in [0, 0.1) is 6.92 Å². The number of benzene rings is 1. The molecule has 1 N–H and O–H groups in total. The van der Waals surface area contributed by atoms with Crippen molar-refractivity contribution < 1.29 is 4.74 Å². The summed E-state index contributed by atoms with van der Waals surface area (Å²) in [6.45, 7) is 7.51. The minimum atomic E-state index is 0.320. The Labute approximate surface area is 109 Å². The third-order valence-electron chi connectivity index (χ3n) is 2.97. The van der Waals surface area contributed by atoms with Gasteiger partial charge in [-0.1, -0.05) is 19.1 Å². The van der Waals surface area contributed by atoms with Crippen LogP contribution in [-0.2, 0) is 0 Å². The van der Waals surface area contributed by atoms with E-state index in [1.807, 2.05) is 11.8 Å². The van der Waals surface area contributed by atoms with Crippen molar-refractivity contribution in [3.63, 3.8) is 0 Å². The van der Waals surface area contributed by atoms with E-state index in [1.165, 1.54) is 11.1 Å². The molecule has 0 saturated heterocycles. The Bertz CT molecular complexity index is 354. The average molecular weight is 253 g/mol. The molecule has 0 bridgehead atoms. The smallest absolute Gasteiger partial charge is 0.123 e. The Morgan fingerprint density at radius 1 is 1.35 bits per heavy atom. The minimum Gasteiger partial charge on any atom is -0.496 e. The van der Waals surface area contributed by atoms with Crippen LogP contribution in [0.5, 0.6) is 5.75 Å². The first-order valence-corrected chi connectivity index (χ1v) is 7.28. The maximum Gasteiger partial charge on any atom is 0.123 e. The standard InChI is InChI=1S/C14H23NOS/c1-10-6-7-13(14(8-10)16-4)12(3)15-9-11(2)17-5/h6-8,11-12,15H,9H2,1-5H3. The topological polar surface area (TPSA) is 21.3 Å². The molecule has 0 saturated carbocycles. The van der Waals surface area contributed by atoms with Gasteiger partial charge in [0, 0.05) is 23.4 Å². The van der Waals surface area contributed by atoms with Crippen molar-refractivity contribution in [2.45, 2.75) is 32.1 Å². The lowest BCUT2D eigenvalue weighted by atomic mass is 10.0. The highest BCUT2D eigenvalue weighted by Gasteiger charge is 2.11. The van der Waals surface area contributed by atoms with Crippen LogP contribution in [0.4, 0.5) is 0 Å². The second-order valence-electron chi connectivity index (χ2n) is 4.42. The van der Waals surface area contributed by atoms with Gasteiger partial charge in [-0.25, -0.2) is 0 Å². The summed E-state index contributed by atoms with van der Waals surface area (Å²) >= 11 is 1.88. The zero-order valence-corrected chi connectivity index (χ0v) is 12.2. The fourth-order valence-corrected chi connectivity index (χ4v) is 1.98. The summed E-state index contributed by atoms with van der Waals surface area (Å²) in [5.41, 5.74) is 2.46. The van der Waals surface area contributed by atoms with Crippen molar-refractivity contribution in [3.8, 4) is 5.75 Å². The molecule has 17 heavy (non-hydrogen) atoms. The number of hydrogen-bond donors (Lipinski definition) is 1. The molecular formula is C14H23NOS. The number of thioether (sulfide) groups is 1. The van der Waals surface area contributed by atoms with Gasteiger partial charge in [-0.2, -0.15) is 11.8 Å². The third-order valence-corrected chi connectivity index (χ3v) is 3.94. The molecule has 1 aromatic rings. The van der Waals surface area contributed by atoms with E-state index in [0.717, 1.165) is 12.3 Å². The van der Waals surface area contributed by atoms with Gasteiger partial charge in [-0.15, -0.1) is 0 Å². The highest BCUT2D eigenvalue weighted by Crippen LogP contribution is 2.26. The molecular weight excluding hydrogens is 230 g/mol. The molecule has 1 rings (SSSR count). The molecule has 0 amide bonds. The van der Waals surface area contributed by atoms with Crippen LogP contribution in [0.15, 0.2) is 18.2 Å². The molecule has 0 fully saturated rings. The van der Waals surface area contributed by atoms with Crippen LogP contribution in [0.1, 0.15) is 31.0 Å². The molecule has 2 unspecified atom stereocenters. The summed E-state index contributed by atoms with van der Waals surface area (Å²) in [4.78, 5) is 0. The van der Waals surface area contributed by atoms with Crippen molar-refractivity contribution in [2.24, 2.45) is 0 Å². The molecule has 0 aliphatic rings. The van der Waals surface area contributed by atoms with Crippen molar-refractivity contribution >= 4 is 11.8 Å². The van der Waals surface area contributed by atoms with Crippen LogP contribution in [-0.4, -0.2) is 25.2 Å². The van der Waals surface area contributed by atoms with Crippen molar-refractivity contribution in [3.05, 3.63) is 29.3 Å². The third kappa shape index (κ3) is 4.25. The molecule has 0 spiro atoms. The quantitative estimate of drug-likeness (QED) is 0.839. The van der Waals surface area contributed by atoms with Crippen LogP contribution in [0.25, 0.3) is 0 Å². The maximum absolute atomic E-state index is 5.44. The Morgan fingerprint density at radius 3 is 2.65 bits per heavy atom. The number of methoxy groups -OCH3 is 1. The zero-order chi connectivity index (χ0) is 12.8. The second kappa shape index (κ2) is 6.92. The van der Waals surface area contributed by atoms with Gasteiger partial charge in [-0.3, -0.25) is 0 Å². The van der Waals surface area contributed by atoms with Crippen molar-refractivity contribution in [1.82, 2.24) is 5.32 Å². The first-order chi connectivity index (χ1) is 8.08. The maximum atomic E-state index is 5.44. The number of hydrogen-bond acceptors (Lipinski definition) is 3. The molecule has 2 atom stereocenters. The van der Waals surface area contributed by atoms with Crippen LogP contribution >= 0.6 is 11.8 Å². The summed E-state index contributed by atoms with van der Waals surface area (Å²) in [5, 5.41) is 4.18. The molecule has 96 valence electrons. The highest BCUT2D eigenvalue weighted by molar-refractivity contribution is 7.99. The molecule has 0 aliphatic carbocycles. The minimum absolute atomic E-state index is 0.320. The summed E-state index contributed by atoms with van der Waals surface area (Å²) in [7, 11) is 1.73. The number of aryl methyl sites for hydroxylation is 1. The normalized spacial score (nSPS) is 14.4. The van der Waals surface area contributed by atoms with E-state index in [-0.39, 0.29) is 0 Å². The summed E-state index contributed by atoms with van der Waals surface area (Å²) in [6.07, 6.45) is 2.14. The Balaban J connectivity index is 2.71. The monoisotopic (exact) mass is 253 g/mol. The first kappa shape index (κ1) is 14.4. The van der Waals surface area contributed by atoms with Gasteiger partial charge in [0.2, 0.25) is 0 Å². The van der Waals surface area contributed by atoms with E-state index in [9.17, 15) is 0 Å². The number of ether oxygens (including phenoxy) is 1. The number of rotatable bonds is 6. The van der Waals surface area contributed by atoms with Gasteiger partial charge in [-0.05, 0) is 31.7 Å². The average Bonchev–Trinajstić information content (AvgIpc) is 2.35. The molecule has 0 radical (unpaired) electrons. The zero-order valence-electron chi connectivity index (χ0n) is 11.4. The first-order valence-electron chi connectivity index (χ1n) is 5.99. The lowest BCUT2D eigenvalue weighted by Crippen LogP contribution is -2.26. The second-order valence-corrected chi connectivity index (χ2v) is 5.70. The van der Waals surface area contributed by atoms with Gasteiger partial charge < -0.3 is 10.1 Å². The van der Waals surface area contributed by atoms with Gasteiger partial charge in [0.1, 0.15) is 5.75 Å². The fourth-order valence-electron chi connectivity index (χ4n) is 1.71. The Hall–Kier alpha value is -0.670.